The zero-order chi connectivity index (χ0) is 19.2. The molecule has 140 valence electrons. The molecular weight excluding hydrogens is 344 g/mol. The number of rotatable bonds is 7. The van der Waals surface area contributed by atoms with Crippen LogP contribution >= 0.6 is 0 Å². The summed E-state index contributed by atoms with van der Waals surface area (Å²) in [5.74, 6) is -3.70. The van der Waals surface area contributed by atoms with Gasteiger partial charge < -0.3 is 9.47 Å². The van der Waals surface area contributed by atoms with Crippen molar-refractivity contribution in [3.05, 3.63) is 29.6 Å². The molecule has 1 rings (SSSR count). The number of benzene rings is 1. The van der Waals surface area contributed by atoms with Crippen molar-refractivity contribution >= 4 is 11.9 Å². The monoisotopic (exact) mass is 364 g/mol. The van der Waals surface area contributed by atoms with Gasteiger partial charge in [-0.3, -0.25) is 9.59 Å². The summed E-state index contributed by atoms with van der Waals surface area (Å²) in [4.78, 5) is 23.2. The van der Waals surface area contributed by atoms with Crippen molar-refractivity contribution in [2.75, 3.05) is 0 Å². The maximum atomic E-state index is 13.7. The summed E-state index contributed by atoms with van der Waals surface area (Å²) in [5.41, 5.74) is -1.51. The van der Waals surface area contributed by atoms with E-state index in [9.17, 15) is 27.2 Å². The second-order valence-electron chi connectivity index (χ2n) is 5.88. The molecule has 0 spiro atoms. The highest BCUT2D eigenvalue weighted by Gasteiger charge is 2.35. The van der Waals surface area contributed by atoms with Crippen molar-refractivity contribution in [1.29, 1.82) is 0 Å². The van der Waals surface area contributed by atoms with Gasteiger partial charge in [0.25, 0.3) is 0 Å². The summed E-state index contributed by atoms with van der Waals surface area (Å²) in [7, 11) is 0. The summed E-state index contributed by atoms with van der Waals surface area (Å²) >= 11 is 0. The molecule has 0 saturated carbocycles. The Morgan fingerprint density at radius 2 is 1.68 bits per heavy atom. The number of halogens is 4. The van der Waals surface area contributed by atoms with Crippen LogP contribution < -0.4 is 4.74 Å². The Morgan fingerprint density at radius 1 is 1.08 bits per heavy atom. The lowest BCUT2D eigenvalue weighted by Gasteiger charge is -2.16. The topological polar surface area (TPSA) is 52.6 Å². The Bertz CT molecular complexity index is 611. The van der Waals surface area contributed by atoms with E-state index in [0.29, 0.717) is 6.07 Å². The van der Waals surface area contributed by atoms with E-state index in [1.807, 2.05) is 13.8 Å². The standard InChI is InChI=1S/C17H20F4O4/c1-10(2)11(3)24-14(22)8-5-9-15(23)25-13-7-4-6-12(16(13)18)17(19,20)21/h4,6-7,10-11H,5,8-9H2,1-3H3. The highest BCUT2D eigenvalue weighted by Crippen LogP contribution is 2.34. The first kappa shape index (κ1) is 20.9. The van der Waals surface area contributed by atoms with Crippen molar-refractivity contribution in [3.63, 3.8) is 0 Å². The van der Waals surface area contributed by atoms with Crippen molar-refractivity contribution in [1.82, 2.24) is 0 Å². The van der Waals surface area contributed by atoms with Crippen molar-refractivity contribution < 1.29 is 36.6 Å². The molecule has 0 aliphatic heterocycles. The number of hydrogen-bond acceptors (Lipinski definition) is 4. The van der Waals surface area contributed by atoms with Crippen LogP contribution in [-0.2, 0) is 20.5 Å². The van der Waals surface area contributed by atoms with Crippen LogP contribution in [0, 0.1) is 11.7 Å². The Hall–Kier alpha value is -2.12. The van der Waals surface area contributed by atoms with Crippen LogP contribution in [0.5, 0.6) is 5.75 Å². The molecule has 0 amide bonds. The van der Waals surface area contributed by atoms with Crippen LogP contribution in [0.2, 0.25) is 0 Å². The molecule has 0 aliphatic carbocycles. The molecule has 0 saturated heterocycles. The quantitative estimate of drug-likeness (QED) is 0.406. The van der Waals surface area contributed by atoms with Crippen LogP contribution in [0.15, 0.2) is 18.2 Å². The largest absolute Gasteiger partial charge is 0.462 e. The number of carbonyl (C=O) groups is 2. The van der Waals surface area contributed by atoms with Crippen LogP contribution in [0.25, 0.3) is 0 Å². The third kappa shape index (κ3) is 6.72. The molecule has 0 fully saturated rings. The van der Waals surface area contributed by atoms with Crippen molar-refractivity contribution in [2.24, 2.45) is 5.92 Å². The van der Waals surface area contributed by atoms with E-state index in [1.54, 1.807) is 6.92 Å². The number of alkyl halides is 3. The fourth-order valence-corrected chi connectivity index (χ4v) is 1.76. The minimum atomic E-state index is -4.89. The molecule has 1 atom stereocenters. The average molecular weight is 364 g/mol. The first-order chi connectivity index (χ1) is 11.5. The molecule has 25 heavy (non-hydrogen) atoms. The third-order valence-electron chi connectivity index (χ3n) is 3.51. The normalized spacial score (nSPS) is 12.8. The zero-order valence-electron chi connectivity index (χ0n) is 14.2. The summed E-state index contributed by atoms with van der Waals surface area (Å²) in [5, 5.41) is 0. The number of hydrogen-bond donors (Lipinski definition) is 0. The summed E-state index contributed by atoms with van der Waals surface area (Å²) in [6.45, 7) is 5.52. The van der Waals surface area contributed by atoms with E-state index in [-0.39, 0.29) is 31.3 Å². The highest BCUT2D eigenvalue weighted by atomic mass is 19.4. The van der Waals surface area contributed by atoms with Gasteiger partial charge in [-0.2, -0.15) is 13.2 Å². The van der Waals surface area contributed by atoms with E-state index >= 15 is 0 Å². The Labute approximate surface area is 143 Å². The second-order valence-corrected chi connectivity index (χ2v) is 5.88. The SMILES string of the molecule is CC(C)C(C)OC(=O)CCCC(=O)Oc1cccc(C(F)(F)F)c1F. The Morgan fingerprint density at radius 3 is 2.24 bits per heavy atom. The Balaban J connectivity index is 2.52. The van der Waals surface area contributed by atoms with Gasteiger partial charge >= 0.3 is 18.1 Å². The van der Waals surface area contributed by atoms with Crippen LogP contribution in [-0.4, -0.2) is 18.0 Å². The van der Waals surface area contributed by atoms with Crippen LogP contribution in [0.1, 0.15) is 45.6 Å². The molecule has 4 nitrogen and oxygen atoms in total. The Kier molecular flexibility index (Phi) is 7.38. The fraction of sp³-hybridized carbons (Fsp3) is 0.529. The number of esters is 2. The summed E-state index contributed by atoms with van der Waals surface area (Å²) < 4.78 is 61.2. The van der Waals surface area contributed by atoms with Gasteiger partial charge in [0.2, 0.25) is 0 Å². The first-order valence-corrected chi connectivity index (χ1v) is 7.78. The van der Waals surface area contributed by atoms with Gasteiger partial charge in [-0.1, -0.05) is 19.9 Å². The van der Waals surface area contributed by atoms with Gasteiger partial charge in [-0.15, -0.1) is 0 Å². The molecule has 0 N–H and O–H groups in total. The summed E-state index contributed by atoms with van der Waals surface area (Å²) in [6.07, 6.45) is -5.36. The molecule has 0 aliphatic rings. The second kappa shape index (κ2) is 8.82. The van der Waals surface area contributed by atoms with Gasteiger partial charge in [0, 0.05) is 12.8 Å². The van der Waals surface area contributed by atoms with E-state index in [1.165, 1.54) is 0 Å². The lowest BCUT2D eigenvalue weighted by Crippen LogP contribution is -2.20. The zero-order valence-corrected chi connectivity index (χ0v) is 14.2. The highest BCUT2D eigenvalue weighted by molar-refractivity contribution is 5.74. The molecule has 0 aromatic heterocycles. The maximum Gasteiger partial charge on any atom is 0.419 e. The predicted molar refractivity (Wildman–Crippen MR) is 81.3 cm³/mol. The van der Waals surface area contributed by atoms with Gasteiger partial charge in [-0.05, 0) is 31.4 Å². The van der Waals surface area contributed by atoms with Gasteiger partial charge in [0.15, 0.2) is 11.6 Å². The van der Waals surface area contributed by atoms with E-state index in [4.69, 9.17) is 4.74 Å². The van der Waals surface area contributed by atoms with Crippen LogP contribution in [0.4, 0.5) is 17.6 Å². The van der Waals surface area contributed by atoms with Gasteiger partial charge in [-0.25, -0.2) is 4.39 Å². The van der Waals surface area contributed by atoms with Gasteiger partial charge in [0.05, 0.1) is 5.56 Å². The molecule has 0 heterocycles. The molecule has 1 aromatic rings. The molecule has 0 radical (unpaired) electrons. The predicted octanol–water partition coefficient (Wildman–Crippen LogP) is 4.51. The average Bonchev–Trinajstić information content (AvgIpc) is 2.47. The fourth-order valence-electron chi connectivity index (χ4n) is 1.76. The minimum absolute atomic E-state index is 0.0444. The smallest absolute Gasteiger partial charge is 0.419 e. The van der Waals surface area contributed by atoms with Crippen LogP contribution in [0.3, 0.4) is 0 Å². The van der Waals surface area contributed by atoms with E-state index in [0.717, 1.165) is 12.1 Å². The third-order valence-corrected chi connectivity index (χ3v) is 3.51. The molecule has 0 bridgehead atoms. The molecule has 1 aromatic carbocycles. The molecule has 1 unspecified atom stereocenters. The molecule has 8 heteroatoms. The lowest BCUT2D eigenvalue weighted by molar-refractivity contribution is -0.150. The molecular formula is C17H20F4O4. The van der Waals surface area contributed by atoms with E-state index in [2.05, 4.69) is 4.74 Å². The number of carbonyl (C=O) groups excluding carboxylic acids is 2. The summed E-state index contributed by atoms with van der Waals surface area (Å²) in [6, 6.07) is 2.43. The maximum absolute atomic E-state index is 13.7. The first-order valence-electron chi connectivity index (χ1n) is 7.78. The van der Waals surface area contributed by atoms with Crippen molar-refractivity contribution in [2.45, 2.75) is 52.3 Å². The van der Waals surface area contributed by atoms with E-state index < -0.39 is 35.2 Å². The van der Waals surface area contributed by atoms with Gasteiger partial charge in [0.1, 0.15) is 6.10 Å². The number of ether oxygens (including phenoxy) is 2. The minimum Gasteiger partial charge on any atom is -0.462 e. The lowest BCUT2D eigenvalue weighted by atomic mass is 10.1. The van der Waals surface area contributed by atoms with Crippen molar-refractivity contribution in [3.8, 4) is 5.75 Å².